The van der Waals surface area contributed by atoms with Crippen molar-refractivity contribution in [3.8, 4) is 0 Å². The molecule has 0 saturated carbocycles. The van der Waals surface area contributed by atoms with Gasteiger partial charge in [0.25, 0.3) is 5.91 Å². The van der Waals surface area contributed by atoms with E-state index >= 15 is 0 Å². The first-order valence-corrected chi connectivity index (χ1v) is 12.8. The van der Waals surface area contributed by atoms with Crippen LogP contribution in [0.25, 0.3) is 26.4 Å². The minimum Gasteiger partial charge on any atom is -0.383 e. The van der Waals surface area contributed by atoms with Gasteiger partial charge in [0, 0.05) is 22.7 Å². The number of nitrogens with one attached hydrogen (secondary N) is 2. The molecule has 2 aliphatic rings. The molecule has 1 aromatic heterocycles. The molecule has 0 fully saturated rings. The van der Waals surface area contributed by atoms with Gasteiger partial charge in [0.1, 0.15) is 4.88 Å². The molecule has 1 amide bonds. The van der Waals surface area contributed by atoms with Crippen molar-refractivity contribution >= 4 is 49.4 Å². The lowest BCUT2D eigenvalue weighted by Crippen LogP contribution is -2.35. The predicted molar refractivity (Wildman–Crippen MR) is 143 cm³/mol. The highest BCUT2D eigenvalue weighted by atomic mass is 32.1. The summed E-state index contributed by atoms with van der Waals surface area (Å²) in [6.07, 6.45) is 8.77. The lowest BCUT2D eigenvalue weighted by molar-refractivity contribution is 0.0942. The summed E-state index contributed by atoms with van der Waals surface area (Å²) in [5.41, 5.74) is 7.75. The summed E-state index contributed by atoms with van der Waals surface area (Å²) >= 11 is 1.59. The smallest absolute Gasteiger partial charge is 0.263 e. The topological polar surface area (TPSA) is 41.1 Å². The lowest BCUT2D eigenvalue weighted by Gasteiger charge is -2.19. The molecule has 3 nitrogen and oxygen atoms in total. The Morgan fingerprint density at radius 2 is 1.82 bits per heavy atom. The lowest BCUT2D eigenvalue weighted by atomic mass is 9.89. The fourth-order valence-corrected chi connectivity index (χ4v) is 6.23. The Kier molecular flexibility index (Phi) is 5.65. The number of aryl methyl sites for hydroxylation is 1. The van der Waals surface area contributed by atoms with Crippen molar-refractivity contribution < 1.29 is 4.79 Å². The van der Waals surface area contributed by atoms with Gasteiger partial charge in [-0.2, -0.15) is 0 Å². The molecule has 0 spiro atoms. The highest BCUT2D eigenvalue weighted by Gasteiger charge is 2.24. The molecular formula is C29H32N2OS. The summed E-state index contributed by atoms with van der Waals surface area (Å²) in [7, 11) is 0. The molecule has 2 atom stereocenters. The number of fused-ring (bicyclic) bond motifs is 5. The standard InChI is InChI=1S/C29H32N2OS/c1-6-21-22(20-8-7-16(2)19(5)17(3)15-20)9-10-24-23(21)11-12-25-26(24)27-28(33-25)29(32)31-18(4)13-14-30-27/h7-12,15,18-19,30H,6,13-14H2,1-5H3,(H,31,32). The van der Waals surface area contributed by atoms with Gasteiger partial charge in [0.15, 0.2) is 0 Å². The number of anilines is 1. The van der Waals surface area contributed by atoms with Gasteiger partial charge < -0.3 is 10.6 Å². The Balaban J connectivity index is 1.74. The quantitative estimate of drug-likeness (QED) is 0.420. The van der Waals surface area contributed by atoms with E-state index in [-0.39, 0.29) is 11.9 Å². The van der Waals surface area contributed by atoms with E-state index in [2.05, 4.69) is 87.7 Å². The first kappa shape index (κ1) is 22.0. The Bertz CT molecular complexity index is 1370. The maximum absolute atomic E-state index is 12.9. The van der Waals surface area contributed by atoms with Crippen LogP contribution in [-0.2, 0) is 6.42 Å². The molecule has 0 radical (unpaired) electrons. The second-order valence-corrected chi connectivity index (χ2v) is 10.6. The van der Waals surface area contributed by atoms with Crippen LogP contribution in [0.15, 0.2) is 53.6 Å². The number of benzene rings is 2. The first-order chi connectivity index (χ1) is 15.9. The fourth-order valence-electron chi connectivity index (χ4n) is 5.13. The maximum atomic E-state index is 12.9. The summed E-state index contributed by atoms with van der Waals surface area (Å²) in [4.78, 5) is 13.7. The summed E-state index contributed by atoms with van der Waals surface area (Å²) in [5, 5.41) is 10.5. The van der Waals surface area contributed by atoms with E-state index in [0.717, 1.165) is 34.7 Å². The van der Waals surface area contributed by atoms with E-state index in [1.165, 1.54) is 44.0 Å². The average molecular weight is 457 g/mol. The maximum Gasteiger partial charge on any atom is 0.263 e. The summed E-state index contributed by atoms with van der Waals surface area (Å²) in [6.45, 7) is 11.9. The second kappa shape index (κ2) is 8.49. The third kappa shape index (κ3) is 3.71. The van der Waals surface area contributed by atoms with Gasteiger partial charge in [-0.1, -0.05) is 61.4 Å². The SMILES string of the molecule is CCc1c(C2=CC=C(C)C(C)C(C)=C2)ccc2c1ccc1sc3c(c12)NCCC(C)NC3=O. The van der Waals surface area contributed by atoms with Crippen LogP contribution >= 0.6 is 11.3 Å². The molecule has 2 unspecified atom stereocenters. The molecule has 0 bridgehead atoms. The molecule has 2 N–H and O–H groups in total. The van der Waals surface area contributed by atoms with Gasteiger partial charge >= 0.3 is 0 Å². The van der Waals surface area contributed by atoms with Crippen LogP contribution in [0.2, 0.25) is 0 Å². The third-order valence-corrected chi connectivity index (χ3v) is 8.52. The van der Waals surface area contributed by atoms with Crippen molar-refractivity contribution in [1.29, 1.82) is 0 Å². The van der Waals surface area contributed by atoms with Gasteiger partial charge in [0.05, 0.1) is 5.69 Å². The van der Waals surface area contributed by atoms with E-state index in [4.69, 9.17) is 0 Å². The first-order valence-electron chi connectivity index (χ1n) is 12.0. The van der Waals surface area contributed by atoms with E-state index in [0.29, 0.717) is 5.92 Å². The molecule has 4 heteroatoms. The van der Waals surface area contributed by atoms with Crippen molar-refractivity contribution in [2.24, 2.45) is 5.92 Å². The minimum atomic E-state index is 0.0342. The van der Waals surface area contributed by atoms with Gasteiger partial charge in [-0.15, -0.1) is 11.3 Å². The predicted octanol–water partition coefficient (Wildman–Crippen LogP) is 7.48. The van der Waals surface area contributed by atoms with Crippen molar-refractivity contribution in [2.75, 3.05) is 11.9 Å². The average Bonchev–Trinajstić information content (AvgIpc) is 3.11. The summed E-state index contributed by atoms with van der Waals surface area (Å²) < 4.78 is 1.16. The second-order valence-electron chi connectivity index (χ2n) is 9.52. The van der Waals surface area contributed by atoms with Gasteiger partial charge in [-0.05, 0) is 73.1 Å². The molecule has 1 aliphatic heterocycles. The minimum absolute atomic E-state index is 0.0342. The van der Waals surface area contributed by atoms with Crippen LogP contribution in [-0.4, -0.2) is 18.5 Å². The van der Waals surface area contributed by atoms with E-state index in [9.17, 15) is 4.79 Å². The number of amides is 1. The van der Waals surface area contributed by atoms with Crippen molar-refractivity contribution in [3.63, 3.8) is 0 Å². The Morgan fingerprint density at radius 3 is 2.61 bits per heavy atom. The summed E-state index contributed by atoms with van der Waals surface area (Å²) in [5.74, 6) is 0.501. The van der Waals surface area contributed by atoms with E-state index in [1.54, 1.807) is 11.3 Å². The molecule has 1 aliphatic carbocycles. The largest absolute Gasteiger partial charge is 0.383 e. The van der Waals surface area contributed by atoms with Crippen LogP contribution in [0.4, 0.5) is 5.69 Å². The van der Waals surface area contributed by atoms with E-state index < -0.39 is 0 Å². The monoisotopic (exact) mass is 456 g/mol. The molecule has 2 heterocycles. The van der Waals surface area contributed by atoms with Crippen LogP contribution in [0, 0.1) is 5.92 Å². The number of allylic oxidation sites excluding steroid dienone is 6. The number of hydrogen-bond acceptors (Lipinski definition) is 3. The Hall–Kier alpha value is -2.85. The number of hydrogen-bond donors (Lipinski definition) is 2. The van der Waals surface area contributed by atoms with Gasteiger partial charge in [0.2, 0.25) is 0 Å². The van der Waals surface area contributed by atoms with Crippen molar-refractivity contribution in [3.05, 3.63) is 69.6 Å². The third-order valence-electron chi connectivity index (χ3n) is 7.37. The Morgan fingerprint density at radius 1 is 1.03 bits per heavy atom. The fraction of sp³-hybridized carbons (Fsp3) is 0.345. The number of carbonyl (C=O) groups is 1. The van der Waals surface area contributed by atoms with Crippen LogP contribution in [0.1, 0.15) is 61.8 Å². The molecule has 170 valence electrons. The number of rotatable bonds is 2. The molecular weight excluding hydrogens is 424 g/mol. The molecule has 2 aromatic carbocycles. The highest BCUT2D eigenvalue weighted by Crippen LogP contribution is 2.43. The normalized spacial score (nSPS) is 21.2. The Labute approximate surface area is 200 Å². The van der Waals surface area contributed by atoms with Gasteiger partial charge in [-0.25, -0.2) is 0 Å². The summed E-state index contributed by atoms with van der Waals surface area (Å²) in [6, 6.07) is 9.17. The van der Waals surface area contributed by atoms with Crippen LogP contribution < -0.4 is 10.6 Å². The molecule has 5 rings (SSSR count). The van der Waals surface area contributed by atoms with Crippen molar-refractivity contribution in [1.82, 2.24) is 5.32 Å². The number of carbonyl (C=O) groups excluding carboxylic acids is 1. The zero-order valence-corrected chi connectivity index (χ0v) is 21.0. The zero-order chi connectivity index (χ0) is 23.3. The van der Waals surface area contributed by atoms with E-state index in [1.807, 2.05) is 0 Å². The zero-order valence-electron chi connectivity index (χ0n) is 20.1. The van der Waals surface area contributed by atoms with Crippen LogP contribution in [0.3, 0.4) is 0 Å². The molecule has 33 heavy (non-hydrogen) atoms. The number of thiophene rings is 1. The van der Waals surface area contributed by atoms with Crippen LogP contribution in [0.5, 0.6) is 0 Å². The highest BCUT2D eigenvalue weighted by molar-refractivity contribution is 7.21. The van der Waals surface area contributed by atoms with Gasteiger partial charge in [-0.3, -0.25) is 4.79 Å². The molecule has 0 saturated heterocycles. The van der Waals surface area contributed by atoms with Crippen molar-refractivity contribution in [2.45, 2.75) is 53.5 Å². The molecule has 3 aromatic rings.